The van der Waals surface area contributed by atoms with E-state index in [1.807, 2.05) is 12.1 Å². The van der Waals surface area contributed by atoms with Crippen molar-refractivity contribution in [2.45, 2.75) is 13.5 Å². The van der Waals surface area contributed by atoms with Gasteiger partial charge in [0.1, 0.15) is 0 Å². The Balaban J connectivity index is 2.28. The van der Waals surface area contributed by atoms with E-state index < -0.39 is 0 Å². The zero-order chi connectivity index (χ0) is 14.1. The molecule has 1 aromatic carbocycles. The second-order valence-corrected chi connectivity index (χ2v) is 3.96. The first-order chi connectivity index (χ1) is 9.17. The molecule has 0 atom stereocenters. The number of hydrogen-bond donors (Lipinski definition) is 0. The summed E-state index contributed by atoms with van der Waals surface area (Å²) >= 11 is 0. The van der Waals surface area contributed by atoms with E-state index in [-0.39, 0.29) is 5.91 Å². The molecule has 0 fully saturated rings. The third kappa shape index (κ3) is 5.25. The highest BCUT2D eigenvalue weighted by Crippen LogP contribution is 2.04. The Morgan fingerprint density at radius 1 is 1.37 bits per heavy atom. The molecule has 0 bridgehead atoms. The summed E-state index contributed by atoms with van der Waals surface area (Å²) in [5.41, 5.74) is 1.63. The smallest absolute Gasteiger partial charge is 0.298 e. The van der Waals surface area contributed by atoms with Gasteiger partial charge in [0.25, 0.3) is 5.91 Å². The highest BCUT2D eigenvalue weighted by atomic mass is 16.5. The van der Waals surface area contributed by atoms with Crippen molar-refractivity contribution in [1.82, 2.24) is 4.90 Å². The van der Waals surface area contributed by atoms with E-state index in [0.717, 1.165) is 5.56 Å². The lowest BCUT2D eigenvalue weighted by Crippen LogP contribution is -2.28. The van der Waals surface area contributed by atoms with Crippen LogP contribution in [0.15, 0.2) is 24.3 Å². The molecule has 0 saturated heterocycles. The number of nitriles is 1. The van der Waals surface area contributed by atoms with Crippen molar-refractivity contribution in [2.24, 2.45) is 0 Å². The highest BCUT2D eigenvalue weighted by molar-refractivity contribution is 5.93. The highest BCUT2D eigenvalue weighted by Gasteiger charge is 2.04. The molecule has 0 aromatic heterocycles. The largest absolute Gasteiger partial charge is 0.375 e. The van der Waals surface area contributed by atoms with Crippen LogP contribution >= 0.6 is 0 Å². The number of benzene rings is 1. The summed E-state index contributed by atoms with van der Waals surface area (Å²) in [6.45, 7) is 3.05. The van der Waals surface area contributed by atoms with E-state index in [4.69, 9.17) is 10.00 Å². The fraction of sp³-hybridized carbons (Fsp3) is 0.333. The zero-order valence-electron chi connectivity index (χ0n) is 11.1. The molecule has 1 rings (SSSR count). The summed E-state index contributed by atoms with van der Waals surface area (Å²) in [6.07, 6.45) is 0. The average Bonchev–Trinajstić information content (AvgIpc) is 2.44. The van der Waals surface area contributed by atoms with E-state index >= 15 is 0 Å². The Morgan fingerprint density at radius 3 is 2.63 bits per heavy atom. The van der Waals surface area contributed by atoms with Crippen LogP contribution in [-0.4, -0.2) is 31.0 Å². The summed E-state index contributed by atoms with van der Waals surface area (Å²) in [7, 11) is 1.69. The molecule has 0 spiro atoms. The topological polar surface area (TPSA) is 53.3 Å². The van der Waals surface area contributed by atoms with Gasteiger partial charge in [-0.1, -0.05) is 18.1 Å². The van der Waals surface area contributed by atoms with Gasteiger partial charge in [0.15, 0.2) is 0 Å². The lowest BCUT2D eigenvalue weighted by Gasteiger charge is -2.13. The van der Waals surface area contributed by atoms with E-state index in [1.165, 1.54) is 4.90 Å². The SMILES string of the molecule is CC#CC(=O)N(C)CCOCc1ccc(C#N)cc1. The van der Waals surface area contributed by atoms with Crippen molar-refractivity contribution in [1.29, 1.82) is 5.26 Å². The van der Waals surface area contributed by atoms with Crippen LogP contribution in [0, 0.1) is 23.2 Å². The monoisotopic (exact) mass is 256 g/mol. The van der Waals surface area contributed by atoms with Crippen molar-refractivity contribution in [3.63, 3.8) is 0 Å². The normalized spacial score (nSPS) is 9.11. The summed E-state index contributed by atoms with van der Waals surface area (Å²) in [5, 5.41) is 8.67. The van der Waals surface area contributed by atoms with Crippen LogP contribution in [0.1, 0.15) is 18.1 Å². The number of amides is 1. The maximum Gasteiger partial charge on any atom is 0.298 e. The standard InChI is InChI=1S/C15H16N2O2/c1-3-4-15(18)17(2)9-10-19-12-14-7-5-13(11-16)6-8-14/h5-8H,9-10,12H2,1-2H3. The van der Waals surface area contributed by atoms with Gasteiger partial charge in [-0.2, -0.15) is 5.26 Å². The van der Waals surface area contributed by atoms with Crippen LogP contribution in [-0.2, 0) is 16.1 Å². The lowest BCUT2D eigenvalue weighted by molar-refractivity contribution is -0.124. The molecule has 4 nitrogen and oxygen atoms in total. The first kappa shape index (κ1) is 14.8. The molecule has 1 amide bonds. The fourth-order valence-corrected chi connectivity index (χ4v) is 1.37. The molecule has 0 heterocycles. The molecule has 0 unspecified atom stereocenters. The Bertz CT molecular complexity index is 518. The van der Waals surface area contributed by atoms with Crippen molar-refractivity contribution in [2.75, 3.05) is 20.2 Å². The Kier molecular flexibility index (Phi) is 6.15. The summed E-state index contributed by atoms with van der Waals surface area (Å²) in [5.74, 6) is 4.83. The fourth-order valence-electron chi connectivity index (χ4n) is 1.37. The summed E-state index contributed by atoms with van der Waals surface area (Å²) < 4.78 is 5.47. The Labute approximate surface area is 113 Å². The maximum atomic E-state index is 11.3. The average molecular weight is 256 g/mol. The molecule has 0 saturated carbocycles. The second-order valence-electron chi connectivity index (χ2n) is 3.96. The minimum Gasteiger partial charge on any atom is -0.375 e. The molecule has 19 heavy (non-hydrogen) atoms. The number of carbonyl (C=O) groups is 1. The van der Waals surface area contributed by atoms with Gasteiger partial charge >= 0.3 is 0 Å². The quantitative estimate of drug-likeness (QED) is 0.593. The van der Waals surface area contributed by atoms with Crippen LogP contribution in [0.25, 0.3) is 0 Å². The van der Waals surface area contributed by atoms with Gasteiger partial charge in [0.2, 0.25) is 0 Å². The van der Waals surface area contributed by atoms with Crippen molar-refractivity contribution >= 4 is 5.91 Å². The molecule has 0 aliphatic carbocycles. The van der Waals surface area contributed by atoms with Crippen LogP contribution < -0.4 is 0 Å². The lowest BCUT2D eigenvalue weighted by atomic mass is 10.2. The van der Waals surface area contributed by atoms with Gasteiger partial charge in [0.05, 0.1) is 24.8 Å². The Hall–Kier alpha value is -2.30. The van der Waals surface area contributed by atoms with Crippen molar-refractivity contribution in [3.8, 4) is 17.9 Å². The van der Waals surface area contributed by atoms with Crippen LogP contribution in [0.2, 0.25) is 0 Å². The van der Waals surface area contributed by atoms with Crippen LogP contribution in [0.3, 0.4) is 0 Å². The van der Waals surface area contributed by atoms with Gasteiger partial charge in [-0.15, -0.1) is 0 Å². The molecule has 0 N–H and O–H groups in total. The minimum absolute atomic E-state index is 0.204. The number of carbonyl (C=O) groups excluding carboxylic acids is 1. The van der Waals surface area contributed by atoms with Crippen LogP contribution in [0.4, 0.5) is 0 Å². The molecular formula is C15H16N2O2. The van der Waals surface area contributed by atoms with E-state index in [9.17, 15) is 4.79 Å². The minimum atomic E-state index is -0.204. The van der Waals surface area contributed by atoms with Gasteiger partial charge in [-0.05, 0) is 30.5 Å². The number of hydrogen-bond acceptors (Lipinski definition) is 3. The number of rotatable bonds is 5. The number of nitrogens with zero attached hydrogens (tertiary/aromatic N) is 2. The predicted molar refractivity (Wildman–Crippen MR) is 71.9 cm³/mol. The summed E-state index contributed by atoms with van der Waals surface area (Å²) in [6, 6.07) is 9.29. The van der Waals surface area contributed by atoms with Crippen molar-refractivity contribution < 1.29 is 9.53 Å². The first-order valence-electron chi connectivity index (χ1n) is 5.92. The van der Waals surface area contributed by atoms with Crippen molar-refractivity contribution in [3.05, 3.63) is 35.4 Å². The van der Waals surface area contributed by atoms with Gasteiger partial charge < -0.3 is 9.64 Å². The third-order valence-electron chi connectivity index (χ3n) is 2.50. The molecule has 1 aromatic rings. The van der Waals surface area contributed by atoms with E-state index in [1.54, 1.807) is 26.1 Å². The summed E-state index contributed by atoms with van der Waals surface area (Å²) in [4.78, 5) is 12.9. The third-order valence-corrected chi connectivity index (χ3v) is 2.50. The maximum absolute atomic E-state index is 11.3. The zero-order valence-corrected chi connectivity index (χ0v) is 11.1. The van der Waals surface area contributed by atoms with Gasteiger partial charge in [0, 0.05) is 13.6 Å². The number of ether oxygens (including phenoxy) is 1. The molecule has 0 radical (unpaired) electrons. The molecule has 98 valence electrons. The van der Waals surface area contributed by atoms with E-state index in [2.05, 4.69) is 17.9 Å². The predicted octanol–water partition coefficient (Wildman–Crippen LogP) is 1.56. The van der Waals surface area contributed by atoms with Gasteiger partial charge in [-0.25, -0.2) is 0 Å². The second kappa shape index (κ2) is 7.92. The molecule has 0 aliphatic rings. The number of likely N-dealkylation sites (N-methyl/N-ethyl adjacent to an activating group) is 1. The Morgan fingerprint density at radius 2 is 2.05 bits per heavy atom. The molecule has 0 aliphatic heterocycles. The molecule has 4 heteroatoms. The molecular weight excluding hydrogens is 240 g/mol. The first-order valence-corrected chi connectivity index (χ1v) is 5.92. The van der Waals surface area contributed by atoms with E-state index in [0.29, 0.717) is 25.3 Å². The van der Waals surface area contributed by atoms with Gasteiger partial charge in [-0.3, -0.25) is 4.79 Å². The van der Waals surface area contributed by atoms with Crippen LogP contribution in [0.5, 0.6) is 0 Å².